The van der Waals surface area contributed by atoms with E-state index in [9.17, 15) is 9.59 Å². The van der Waals surface area contributed by atoms with Gasteiger partial charge < -0.3 is 22.1 Å². The van der Waals surface area contributed by atoms with Crippen LogP contribution in [0.5, 0.6) is 0 Å². The Balaban J connectivity index is 1.55. The molecule has 0 aliphatic heterocycles. The number of carbonyl (C=O) groups excluding carboxylic acids is 2. The van der Waals surface area contributed by atoms with Gasteiger partial charge in [-0.05, 0) is 24.7 Å². The SMILES string of the molecule is N[C@@H](CC1CCCCC1)C(=O)NCCNC(=O)[C@@H](N)CC1CCCCC1. The van der Waals surface area contributed by atoms with Gasteiger partial charge in [0.05, 0.1) is 12.1 Å². The summed E-state index contributed by atoms with van der Waals surface area (Å²) in [5.41, 5.74) is 12.0. The van der Waals surface area contributed by atoms with Crippen molar-refractivity contribution in [2.24, 2.45) is 23.3 Å². The lowest BCUT2D eigenvalue weighted by atomic mass is 9.85. The minimum Gasteiger partial charge on any atom is -0.353 e. The highest BCUT2D eigenvalue weighted by atomic mass is 16.2. The van der Waals surface area contributed by atoms with Crippen molar-refractivity contribution >= 4 is 11.8 Å². The highest BCUT2D eigenvalue weighted by molar-refractivity contribution is 5.82. The molecule has 0 aromatic carbocycles. The van der Waals surface area contributed by atoms with Crippen LogP contribution in [-0.2, 0) is 9.59 Å². The molecule has 0 unspecified atom stereocenters. The summed E-state index contributed by atoms with van der Waals surface area (Å²) in [5.74, 6) is 0.941. The van der Waals surface area contributed by atoms with Crippen LogP contribution >= 0.6 is 0 Å². The molecule has 26 heavy (non-hydrogen) atoms. The van der Waals surface area contributed by atoms with E-state index in [1.54, 1.807) is 0 Å². The predicted octanol–water partition coefficient (Wildman–Crippen LogP) is 1.81. The van der Waals surface area contributed by atoms with Crippen LogP contribution in [0.3, 0.4) is 0 Å². The maximum absolute atomic E-state index is 12.1. The maximum Gasteiger partial charge on any atom is 0.236 e. The van der Waals surface area contributed by atoms with E-state index in [0.29, 0.717) is 24.9 Å². The molecule has 0 saturated heterocycles. The summed E-state index contributed by atoms with van der Waals surface area (Å²) < 4.78 is 0. The molecule has 0 aromatic heterocycles. The predicted molar refractivity (Wildman–Crippen MR) is 104 cm³/mol. The Kier molecular flexibility index (Phi) is 9.40. The molecular formula is C20H38N4O2. The number of hydrogen-bond acceptors (Lipinski definition) is 4. The fourth-order valence-electron chi connectivity index (χ4n) is 4.41. The van der Waals surface area contributed by atoms with Gasteiger partial charge in [-0.1, -0.05) is 64.2 Å². The zero-order valence-electron chi connectivity index (χ0n) is 16.2. The molecule has 2 fully saturated rings. The van der Waals surface area contributed by atoms with Crippen LogP contribution in [-0.4, -0.2) is 37.0 Å². The Morgan fingerprint density at radius 2 is 1.04 bits per heavy atom. The molecule has 2 aliphatic carbocycles. The molecule has 150 valence electrons. The van der Waals surface area contributed by atoms with Crippen molar-refractivity contribution in [3.8, 4) is 0 Å². The number of nitrogens with one attached hydrogen (secondary N) is 2. The second-order valence-corrected chi connectivity index (χ2v) is 8.27. The highest BCUT2D eigenvalue weighted by Crippen LogP contribution is 2.27. The van der Waals surface area contributed by atoms with Crippen LogP contribution in [0.25, 0.3) is 0 Å². The van der Waals surface area contributed by atoms with E-state index in [2.05, 4.69) is 10.6 Å². The van der Waals surface area contributed by atoms with E-state index in [1.165, 1.54) is 64.2 Å². The first-order valence-corrected chi connectivity index (χ1v) is 10.6. The van der Waals surface area contributed by atoms with E-state index in [0.717, 1.165) is 12.8 Å². The van der Waals surface area contributed by atoms with Crippen LogP contribution < -0.4 is 22.1 Å². The van der Waals surface area contributed by atoms with E-state index in [1.807, 2.05) is 0 Å². The average Bonchev–Trinajstić information content (AvgIpc) is 2.66. The summed E-state index contributed by atoms with van der Waals surface area (Å²) in [6.07, 6.45) is 13.9. The summed E-state index contributed by atoms with van der Waals surface area (Å²) in [6.45, 7) is 0.804. The minimum atomic E-state index is -0.442. The molecule has 0 radical (unpaired) electrons. The molecule has 6 nitrogen and oxygen atoms in total. The molecular weight excluding hydrogens is 328 g/mol. The van der Waals surface area contributed by atoms with Crippen molar-refractivity contribution in [3.05, 3.63) is 0 Å². The maximum atomic E-state index is 12.1. The molecule has 0 aromatic rings. The molecule has 0 bridgehead atoms. The Bertz CT molecular complexity index is 392. The molecule has 2 aliphatic rings. The van der Waals surface area contributed by atoms with Crippen LogP contribution in [0.1, 0.15) is 77.0 Å². The summed E-state index contributed by atoms with van der Waals surface area (Å²) in [5, 5.41) is 5.66. The molecule has 0 heterocycles. The van der Waals surface area contributed by atoms with Gasteiger partial charge in [-0.25, -0.2) is 0 Å². The monoisotopic (exact) mass is 366 g/mol. The number of carbonyl (C=O) groups is 2. The Hall–Kier alpha value is -1.14. The lowest BCUT2D eigenvalue weighted by Crippen LogP contribution is -2.47. The normalized spacial score (nSPS) is 21.8. The van der Waals surface area contributed by atoms with E-state index >= 15 is 0 Å². The molecule has 2 saturated carbocycles. The van der Waals surface area contributed by atoms with Gasteiger partial charge in [-0.3, -0.25) is 9.59 Å². The van der Waals surface area contributed by atoms with Gasteiger partial charge in [-0.2, -0.15) is 0 Å². The van der Waals surface area contributed by atoms with E-state index in [-0.39, 0.29) is 11.8 Å². The van der Waals surface area contributed by atoms with Crippen molar-refractivity contribution in [1.82, 2.24) is 10.6 Å². The number of hydrogen-bond donors (Lipinski definition) is 4. The van der Waals surface area contributed by atoms with Crippen molar-refractivity contribution in [2.75, 3.05) is 13.1 Å². The highest BCUT2D eigenvalue weighted by Gasteiger charge is 2.22. The summed E-state index contributed by atoms with van der Waals surface area (Å²) in [4.78, 5) is 24.2. The Morgan fingerprint density at radius 1 is 0.692 bits per heavy atom. The lowest BCUT2D eigenvalue weighted by molar-refractivity contribution is -0.124. The minimum absolute atomic E-state index is 0.115. The fraction of sp³-hybridized carbons (Fsp3) is 0.900. The topological polar surface area (TPSA) is 110 Å². The van der Waals surface area contributed by atoms with Crippen molar-refractivity contribution in [2.45, 2.75) is 89.1 Å². The van der Waals surface area contributed by atoms with Gasteiger partial charge in [0.1, 0.15) is 0 Å². The average molecular weight is 367 g/mol. The van der Waals surface area contributed by atoms with Gasteiger partial charge >= 0.3 is 0 Å². The quantitative estimate of drug-likeness (QED) is 0.466. The molecule has 2 rings (SSSR count). The largest absolute Gasteiger partial charge is 0.353 e. The number of rotatable bonds is 9. The van der Waals surface area contributed by atoms with Crippen molar-refractivity contribution in [3.63, 3.8) is 0 Å². The molecule has 6 heteroatoms. The van der Waals surface area contributed by atoms with E-state index < -0.39 is 12.1 Å². The zero-order chi connectivity index (χ0) is 18.8. The van der Waals surface area contributed by atoms with Crippen molar-refractivity contribution in [1.29, 1.82) is 0 Å². The van der Waals surface area contributed by atoms with Crippen molar-refractivity contribution < 1.29 is 9.59 Å². The van der Waals surface area contributed by atoms with Gasteiger partial charge in [0.2, 0.25) is 11.8 Å². The number of nitrogens with two attached hydrogens (primary N) is 2. The molecule has 2 atom stereocenters. The first-order chi connectivity index (χ1) is 12.6. The van der Waals surface area contributed by atoms with Gasteiger partial charge in [0.25, 0.3) is 0 Å². The third-order valence-corrected chi connectivity index (χ3v) is 6.02. The van der Waals surface area contributed by atoms with Gasteiger partial charge in [0, 0.05) is 13.1 Å². The van der Waals surface area contributed by atoms with Crippen LogP contribution in [0.4, 0.5) is 0 Å². The Labute approximate surface area is 158 Å². The van der Waals surface area contributed by atoms with Gasteiger partial charge in [-0.15, -0.1) is 0 Å². The summed E-state index contributed by atoms with van der Waals surface area (Å²) >= 11 is 0. The third-order valence-electron chi connectivity index (χ3n) is 6.02. The van der Waals surface area contributed by atoms with Crippen LogP contribution in [0, 0.1) is 11.8 Å². The second-order valence-electron chi connectivity index (χ2n) is 8.27. The van der Waals surface area contributed by atoms with E-state index in [4.69, 9.17) is 11.5 Å². The lowest BCUT2D eigenvalue weighted by Gasteiger charge is -2.24. The van der Waals surface area contributed by atoms with Gasteiger partial charge in [0.15, 0.2) is 0 Å². The molecule has 0 spiro atoms. The summed E-state index contributed by atoms with van der Waals surface area (Å²) in [6, 6.07) is -0.885. The first kappa shape index (κ1) is 21.2. The zero-order valence-corrected chi connectivity index (χ0v) is 16.2. The Morgan fingerprint density at radius 3 is 1.38 bits per heavy atom. The first-order valence-electron chi connectivity index (χ1n) is 10.6. The smallest absolute Gasteiger partial charge is 0.236 e. The van der Waals surface area contributed by atoms with Crippen LogP contribution in [0.2, 0.25) is 0 Å². The molecule has 6 N–H and O–H groups in total. The van der Waals surface area contributed by atoms with Crippen LogP contribution in [0.15, 0.2) is 0 Å². The molecule has 2 amide bonds. The summed E-state index contributed by atoms with van der Waals surface area (Å²) in [7, 11) is 0. The number of amides is 2. The standard InChI is InChI=1S/C20H38N4O2/c21-17(13-15-7-3-1-4-8-15)19(25)23-11-12-24-20(26)18(22)14-16-9-5-2-6-10-16/h15-18H,1-14,21-22H2,(H,23,25)(H,24,26)/t17-,18-/m0/s1. The fourth-order valence-corrected chi connectivity index (χ4v) is 4.41. The second kappa shape index (κ2) is 11.5. The third kappa shape index (κ3) is 7.62.